The van der Waals surface area contributed by atoms with Gasteiger partial charge in [0, 0.05) is 6.42 Å². The second-order valence-electron chi connectivity index (χ2n) is 9.47. The first-order valence-corrected chi connectivity index (χ1v) is 13.6. The van der Waals surface area contributed by atoms with Crippen LogP contribution in [0.15, 0.2) is 133 Å². The fraction of sp³-hybridized carbons (Fsp3) is 0.0833. The Morgan fingerprint density at radius 1 is 0.675 bits per heavy atom. The zero-order chi connectivity index (χ0) is 27.7. The summed E-state index contributed by atoms with van der Waals surface area (Å²) in [7, 11) is 0. The maximum atomic E-state index is 10.9. The first kappa shape index (κ1) is 27.0. The molecule has 5 aromatic rings. The molecule has 0 aliphatic heterocycles. The Balaban J connectivity index is 1.40. The van der Waals surface area contributed by atoms with Crippen molar-refractivity contribution >= 4 is 23.1 Å². The molecule has 0 aromatic heterocycles. The summed E-state index contributed by atoms with van der Waals surface area (Å²) in [6, 6.07) is 43.2. The second-order valence-corrected chi connectivity index (χ2v) is 9.88. The molecular weight excluding hydrogens is 516 g/mol. The van der Waals surface area contributed by atoms with Gasteiger partial charge in [0.1, 0.15) is 12.4 Å². The number of rotatable bonds is 10. The first-order valence-electron chi connectivity index (χ1n) is 13.2. The maximum absolute atomic E-state index is 10.9. The number of carboxylic acids is 1. The molecule has 0 atom stereocenters. The molecular formula is C36H29ClO3. The van der Waals surface area contributed by atoms with Crippen LogP contribution in [0.3, 0.4) is 0 Å². The molecule has 0 fully saturated rings. The van der Waals surface area contributed by atoms with E-state index in [4.69, 9.17) is 21.4 Å². The van der Waals surface area contributed by atoms with Crippen LogP contribution >= 0.6 is 11.6 Å². The Morgan fingerprint density at radius 2 is 1.18 bits per heavy atom. The summed E-state index contributed by atoms with van der Waals surface area (Å²) in [5.74, 6) is -0.266. The van der Waals surface area contributed by atoms with E-state index in [1.54, 1.807) is 12.1 Å². The minimum atomic E-state index is -0.831. The standard InChI is InChI=1S/C36H29ClO3/c37-34-25-26(12-22-36(38)39)11-21-35(34)40-24-23-33(31-17-13-29(14-18-31)27-7-3-1-4-8-27)32-19-15-30(16-20-32)28-9-5-2-6-10-28/h1-11,13-21,23,25H,12,22,24H2,(H,38,39). The van der Waals surface area contributed by atoms with Gasteiger partial charge in [0.15, 0.2) is 0 Å². The largest absolute Gasteiger partial charge is 0.488 e. The fourth-order valence-corrected chi connectivity index (χ4v) is 4.89. The number of hydrogen-bond acceptors (Lipinski definition) is 2. The molecule has 4 heteroatoms. The van der Waals surface area contributed by atoms with Gasteiger partial charge in [0.2, 0.25) is 0 Å². The van der Waals surface area contributed by atoms with E-state index in [2.05, 4.69) is 78.9 Å². The van der Waals surface area contributed by atoms with Gasteiger partial charge in [0.05, 0.1) is 5.02 Å². The quantitative estimate of drug-likeness (QED) is 0.190. The number of aryl methyl sites for hydroxylation is 1. The van der Waals surface area contributed by atoms with Crippen LogP contribution in [0.4, 0.5) is 0 Å². The summed E-state index contributed by atoms with van der Waals surface area (Å²) >= 11 is 6.45. The molecule has 0 radical (unpaired) electrons. The molecule has 5 aromatic carbocycles. The highest BCUT2D eigenvalue weighted by atomic mass is 35.5. The van der Waals surface area contributed by atoms with Crippen molar-refractivity contribution in [3.8, 4) is 28.0 Å². The normalized spacial score (nSPS) is 10.6. The molecule has 3 nitrogen and oxygen atoms in total. The average molecular weight is 545 g/mol. The van der Waals surface area contributed by atoms with E-state index in [1.165, 1.54) is 11.1 Å². The number of benzene rings is 5. The number of ether oxygens (including phenoxy) is 1. The molecule has 0 aliphatic carbocycles. The lowest BCUT2D eigenvalue weighted by atomic mass is 9.94. The van der Waals surface area contributed by atoms with Crippen LogP contribution in [0.1, 0.15) is 23.1 Å². The minimum Gasteiger partial charge on any atom is -0.488 e. The average Bonchev–Trinajstić information content (AvgIpc) is 3.00. The Labute approximate surface area is 240 Å². The zero-order valence-electron chi connectivity index (χ0n) is 22.0. The number of halogens is 1. The molecule has 1 N–H and O–H groups in total. The van der Waals surface area contributed by atoms with Crippen molar-refractivity contribution in [2.45, 2.75) is 12.8 Å². The fourth-order valence-electron chi connectivity index (χ4n) is 4.63. The Morgan fingerprint density at radius 3 is 1.65 bits per heavy atom. The van der Waals surface area contributed by atoms with E-state index in [1.807, 2.05) is 42.5 Å². The molecule has 0 heterocycles. The zero-order valence-corrected chi connectivity index (χ0v) is 22.7. The van der Waals surface area contributed by atoms with Gasteiger partial charge in [0.25, 0.3) is 0 Å². The predicted octanol–water partition coefficient (Wildman–Crippen LogP) is 9.20. The molecule has 5 rings (SSSR count). The van der Waals surface area contributed by atoms with Gasteiger partial charge in [-0.1, -0.05) is 127 Å². The van der Waals surface area contributed by atoms with Crippen LogP contribution in [0.5, 0.6) is 5.75 Å². The van der Waals surface area contributed by atoms with Gasteiger partial charge >= 0.3 is 5.97 Å². The van der Waals surface area contributed by atoms with Gasteiger partial charge in [-0.15, -0.1) is 0 Å². The third kappa shape index (κ3) is 6.88. The van der Waals surface area contributed by atoms with Crippen LogP contribution in [-0.4, -0.2) is 17.7 Å². The Hall–Kier alpha value is -4.60. The summed E-state index contributed by atoms with van der Waals surface area (Å²) in [6.45, 7) is 0.324. The Kier molecular flexibility index (Phi) is 8.75. The van der Waals surface area contributed by atoms with E-state index < -0.39 is 5.97 Å². The van der Waals surface area contributed by atoms with Gasteiger partial charge in [-0.05, 0) is 69.1 Å². The van der Waals surface area contributed by atoms with E-state index in [9.17, 15) is 4.79 Å². The highest BCUT2D eigenvalue weighted by molar-refractivity contribution is 6.32. The van der Waals surface area contributed by atoms with Crippen molar-refractivity contribution in [2.75, 3.05) is 6.61 Å². The molecule has 198 valence electrons. The summed E-state index contributed by atoms with van der Waals surface area (Å²) in [4.78, 5) is 10.9. The first-order chi connectivity index (χ1) is 19.6. The van der Waals surface area contributed by atoms with Gasteiger partial charge in [-0.2, -0.15) is 0 Å². The van der Waals surface area contributed by atoms with Crippen molar-refractivity contribution in [3.63, 3.8) is 0 Å². The molecule has 0 spiro atoms. The summed E-state index contributed by atoms with van der Waals surface area (Å²) < 4.78 is 6.05. The number of aliphatic carboxylic acids is 1. The van der Waals surface area contributed by atoms with Crippen molar-refractivity contribution in [1.29, 1.82) is 0 Å². The van der Waals surface area contributed by atoms with Crippen molar-refractivity contribution < 1.29 is 14.6 Å². The van der Waals surface area contributed by atoms with E-state index in [0.29, 0.717) is 23.8 Å². The molecule has 0 saturated heterocycles. The minimum absolute atomic E-state index is 0.0642. The molecule has 0 unspecified atom stereocenters. The van der Waals surface area contributed by atoms with Crippen molar-refractivity contribution in [2.24, 2.45) is 0 Å². The van der Waals surface area contributed by atoms with E-state index in [0.717, 1.165) is 33.4 Å². The maximum Gasteiger partial charge on any atom is 0.303 e. The topological polar surface area (TPSA) is 46.5 Å². The summed E-state index contributed by atoms with van der Waals surface area (Å²) in [5, 5.41) is 9.41. The van der Waals surface area contributed by atoms with Gasteiger partial charge in [-0.25, -0.2) is 0 Å². The number of carbonyl (C=O) groups is 1. The molecule has 0 aliphatic rings. The second kappa shape index (κ2) is 13.0. The smallest absolute Gasteiger partial charge is 0.303 e. The van der Waals surface area contributed by atoms with Crippen molar-refractivity contribution in [3.05, 3.63) is 155 Å². The highest BCUT2D eigenvalue weighted by Crippen LogP contribution is 2.30. The van der Waals surface area contributed by atoms with Crippen LogP contribution in [0.2, 0.25) is 5.02 Å². The van der Waals surface area contributed by atoms with Crippen molar-refractivity contribution in [1.82, 2.24) is 0 Å². The van der Waals surface area contributed by atoms with Crippen LogP contribution in [0.25, 0.3) is 27.8 Å². The van der Waals surface area contributed by atoms with Crippen LogP contribution in [-0.2, 0) is 11.2 Å². The Bertz CT molecular complexity index is 1510. The molecule has 0 bridgehead atoms. The summed E-state index contributed by atoms with van der Waals surface area (Å²) in [5.41, 5.74) is 8.79. The van der Waals surface area contributed by atoms with Crippen LogP contribution in [0, 0.1) is 0 Å². The molecule has 0 saturated carbocycles. The highest BCUT2D eigenvalue weighted by Gasteiger charge is 2.09. The monoisotopic (exact) mass is 544 g/mol. The third-order valence-corrected chi connectivity index (χ3v) is 7.05. The van der Waals surface area contributed by atoms with E-state index in [-0.39, 0.29) is 6.42 Å². The molecule has 0 amide bonds. The SMILES string of the molecule is O=C(O)CCc1ccc(OCC=C(c2ccc(-c3ccccc3)cc2)c2ccc(-c3ccccc3)cc2)c(Cl)c1. The lowest BCUT2D eigenvalue weighted by Crippen LogP contribution is -1.99. The van der Waals surface area contributed by atoms with Gasteiger partial charge < -0.3 is 9.84 Å². The van der Waals surface area contributed by atoms with E-state index >= 15 is 0 Å². The number of carboxylic acid groups (broad SMARTS) is 1. The van der Waals surface area contributed by atoms with Crippen LogP contribution < -0.4 is 4.74 Å². The summed E-state index contributed by atoms with van der Waals surface area (Å²) in [6.07, 6.45) is 2.57. The third-order valence-electron chi connectivity index (χ3n) is 6.76. The number of hydrogen-bond donors (Lipinski definition) is 1. The molecule has 40 heavy (non-hydrogen) atoms. The lowest BCUT2D eigenvalue weighted by Gasteiger charge is -2.13. The lowest BCUT2D eigenvalue weighted by molar-refractivity contribution is -0.136. The predicted molar refractivity (Wildman–Crippen MR) is 164 cm³/mol. The van der Waals surface area contributed by atoms with Gasteiger partial charge in [-0.3, -0.25) is 4.79 Å².